The van der Waals surface area contributed by atoms with Crippen molar-refractivity contribution in [2.45, 2.75) is 63.8 Å². The Morgan fingerprint density at radius 1 is 1.07 bits per heavy atom. The molecule has 5 heteroatoms. The van der Waals surface area contributed by atoms with Crippen LogP contribution in [0.25, 0.3) is 0 Å². The van der Waals surface area contributed by atoms with E-state index in [-0.39, 0.29) is 23.8 Å². The number of methoxy groups -OCH3 is 1. The normalized spacial score (nSPS) is 24.4. The van der Waals surface area contributed by atoms with Gasteiger partial charge >= 0.3 is 5.97 Å². The van der Waals surface area contributed by atoms with Crippen molar-refractivity contribution in [2.75, 3.05) is 20.2 Å². The number of hydrogen-bond donors (Lipinski definition) is 2. The lowest BCUT2D eigenvalue weighted by atomic mass is 9.81. The van der Waals surface area contributed by atoms with E-state index in [9.17, 15) is 9.59 Å². The minimum Gasteiger partial charge on any atom is -0.469 e. The van der Waals surface area contributed by atoms with Crippen LogP contribution in [0, 0.1) is 11.8 Å². The second-order valence-corrected chi connectivity index (χ2v) is 8.50. The third-order valence-corrected chi connectivity index (χ3v) is 6.46. The van der Waals surface area contributed by atoms with Crippen LogP contribution in [0.3, 0.4) is 0 Å². The van der Waals surface area contributed by atoms with Crippen molar-refractivity contribution in [3.63, 3.8) is 0 Å². The molecule has 154 valence electrons. The summed E-state index contributed by atoms with van der Waals surface area (Å²) in [4.78, 5) is 24.2. The highest BCUT2D eigenvalue weighted by Crippen LogP contribution is 2.30. The molecule has 1 aliphatic carbocycles. The predicted octanol–water partition coefficient (Wildman–Crippen LogP) is 3.64. The first-order valence-corrected chi connectivity index (χ1v) is 10.8. The maximum atomic E-state index is 12.6. The number of rotatable bonds is 6. The van der Waals surface area contributed by atoms with Gasteiger partial charge in [0.05, 0.1) is 13.0 Å². The summed E-state index contributed by atoms with van der Waals surface area (Å²) in [5, 5.41) is 6.60. The van der Waals surface area contributed by atoms with Crippen LogP contribution < -0.4 is 10.6 Å². The third kappa shape index (κ3) is 5.57. The van der Waals surface area contributed by atoms with E-state index in [0.717, 1.165) is 50.8 Å². The molecule has 0 aromatic heterocycles. The number of benzene rings is 1. The summed E-state index contributed by atoms with van der Waals surface area (Å²) in [7, 11) is 1.45. The Bertz CT molecular complexity index is 644. The van der Waals surface area contributed by atoms with Crippen molar-refractivity contribution in [1.29, 1.82) is 0 Å². The van der Waals surface area contributed by atoms with Gasteiger partial charge in [0.1, 0.15) is 0 Å². The number of carbonyl (C=O) groups is 2. The highest BCUT2D eigenvalue weighted by atomic mass is 16.5. The number of amides is 1. The number of carbonyl (C=O) groups excluding carboxylic acids is 2. The van der Waals surface area contributed by atoms with Gasteiger partial charge in [-0.05, 0) is 87.6 Å². The van der Waals surface area contributed by atoms with E-state index in [2.05, 4.69) is 22.8 Å². The first kappa shape index (κ1) is 20.8. The minimum absolute atomic E-state index is 0.0308. The molecule has 2 aliphatic rings. The summed E-state index contributed by atoms with van der Waals surface area (Å²) in [6.45, 7) is 4.09. The Morgan fingerprint density at radius 3 is 2.32 bits per heavy atom. The van der Waals surface area contributed by atoms with E-state index in [1.54, 1.807) is 0 Å². The van der Waals surface area contributed by atoms with Crippen LogP contribution in [0.1, 0.15) is 73.7 Å². The molecule has 1 aliphatic heterocycles. The van der Waals surface area contributed by atoms with Crippen LogP contribution in [-0.2, 0) is 9.53 Å². The molecule has 2 N–H and O–H groups in total. The van der Waals surface area contributed by atoms with Gasteiger partial charge in [-0.3, -0.25) is 9.59 Å². The number of hydrogen-bond acceptors (Lipinski definition) is 4. The van der Waals surface area contributed by atoms with Gasteiger partial charge in [-0.25, -0.2) is 0 Å². The van der Waals surface area contributed by atoms with E-state index in [1.807, 2.05) is 19.1 Å². The lowest BCUT2D eigenvalue weighted by molar-refractivity contribution is -0.145. The Hall–Kier alpha value is -1.88. The maximum absolute atomic E-state index is 12.6. The molecule has 1 aromatic rings. The second-order valence-electron chi connectivity index (χ2n) is 8.50. The molecule has 1 unspecified atom stereocenters. The van der Waals surface area contributed by atoms with Gasteiger partial charge in [0.25, 0.3) is 5.91 Å². The van der Waals surface area contributed by atoms with Crippen LogP contribution in [0.5, 0.6) is 0 Å². The largest absolute Gasteiger partial charge is 0.469 e. The standard InChI is InChI=1S/C23H34N2O3/c1-16(23(27)28-2)15-17-3-9-21(10-4-17)25-22(26)20-7-5-18(6-8-20)19-11-13-24-14-12-19/h5-8,16-17,19,21,24H,3-4,9-15H2,1-2H3,(H,25,26). The first-order chi connectivity index (χ1) is 13.6. The van der Waals surface area contributed by atoms with Crippen molar-refractivity contribution >= 4 is 11.9 Å². The van der Waals surface area contributed by atoms with Crippen LogP contribution >= 0.6 is 0 Å². The third-order valence-electron chi connectivity index (χ3n) is 6.46. The van der Waals surface area contributed by atoms with Crippen LogP contribution in [0.4, 0.5) is 0 Å². The Balaban J connectivity index is 1.44. The number of ether oxygens (including phenoxy) is 1. The molecule has 28 heavy (non-hydrogen) atoms. The molecule has 1 saturated carbocycles. The Kier molecular flexibility index (Phi) is 7.49. The van der Waals surface area contributed by atoms with Crippen LogP contribution in [0.15, 0.2) is 24.3 Å². The van der Waals surface area contributed by atoms with Gasteiger partial charge in [-0.2, -0.15) is 0 Å². The summed E-state index contributed by atoms with van der Waals surface area (Å²) in [5.41, 5.74) is 2.09. The second kappa shape index (κ2) is 10.1. The monoisotopic (exact) mass is 386 g/mol. The van der Waals surface area contributed by atoms with Gasteiger partial charge in [0, 0.05) is 11.6 Å². The molecule has 2 fully saturated rings. The van der Waals surface area contributed by atoms with E-state index in [0.29, 0.717) is 11.8 Å². The zero-order valence-electron chi connectivity index (χ0n) is 17.2. The summed E-state index contributed by atoms with van der Waals surface area (Å²) in [6.07, 6.45) is 7.30. The van der Waals surface area contributed by atoms with E-state index < -0.39 is 0 Å². The molecule has 1 heterocycles. The van der Waals surface area contributed by atoms with Gasteiger partial charge in [0.2, 0.25) is 0 Å². The zero-order chi connectivity index (χ0) is 19.9. The molecule has 1 saturated heterocycles. The summed E-state index contributed by atoms with van der Waals surface area (Å²) in [6, 6.07) is 8.42. The molecule has 1 amide bonds. The average molecular weight is 387 g/mol. The van der Waals surface area contributed by atoms with E-state index in [4.69, 9.17) is 4.74 Å². The molecule has 3 rings (SSSR count). The van der Waals surface area contributed by atoms with E-state index in [1.165, 1.54) is 25.5 Å². The lowest BCUT2D eigenvalue weighted by Crippen LogP contribution is -2.38. The molecule has 1 atom stereocenters. The quantitative estimate of drug-likeness (QED) is 0.733. The Morgan fingerprint density at radius 2 is 1.71 bits per heavy atom. The van der Waals surface area contributed by atoms with E-state index >= 15 is 0 Å². The van der Waals surface area contributed by atoms with Gasteiger partial charge in [-0.15, -0.1) is 0 Å². The maximum Gasteiger partial charge on any atom is 0.308 e. The van der Waals surface area contributed by atoms with Crippen molar-refractivity contribution < 1.29 is 14.3 Å². The van der Waals surface area contributed by atoms with Crippen LogP contribution in [-0.4, -0.2) is 38.1 Å². The van der Waals surface area contributed by atoms with Crippen molar-refractivity contribution in [1.82, 2.24) is 10.6 Å². The highest BCUT2D eigenvalue weighted by Gasteiger charge is 2.26. The molecule has 5 nitrogen and oxygen atoms in total. The fourth-order valence-electron chi connectivity index (χ4n) is 4.67. The SMILES string of the molecule is COC(=O)C(C)CC1CCC(NC(=O)c2ccc(C3CCNCC3)cc2)CC1. The van der Waals surface area contributed by atoms with Crippen molar-refractivity contribution in [2.24, 2.45) is 11.8 Å². The fourth-order valence-corrected chi connectivity index (χ4v) is 4.67. The van der Waals surface area contributed by atoms with Crippen molar-refractivity contribution in [3.05, 3.63) is 35.4 Å². The average Bonchev–Trinajstić information content (AvgIpc) is 2.75. The number of nitrogens with one attached hydrogen (secondary N) is 2. The molecule has 0 radical (unpaired) electrons. The smallest absolute Gasteiger partial charge is 0.308 e. The van der Waals surface area contributed by atoms with Gasteiger partial charge in [-0.1, -0.05) is 19.1 Å². The summed E-state index contributed by atoms with van der Waals surface area (Å²) >= 11 is 0. The molecule has 1 aromatic carbocycles. The molecular formula is C23H34N2O3. The molecular weight excluding hydrogens is 352 g/mol. The predicted molar refractivity (Wildman–Crippen MR) is 110 cm³/mol. The van der Waals surface area contributed by atoms with Gasteiger partial charge in [0.15, 0.2) is 0 Å². The highest BCUT2D eigenvalue weighted by molar-refractivity contribution is 5.94. The summed E-state index contributed by atoms with van der Waals surface area (Å²) < 4.78 is 4.82. The molecule has 0 bridgehead atoms. The zero-order valence-corrected chi connectivity index (χ0v) is 17.2. The first-order valence-electron chi connectivity index (χ1n) is 10.8. The number of esters is 1. The van der Waals surface area contributed by atoms with Crippen molar-refractivity contribution in [3.8, 4) is 0 Å². The topological polar surface area (TPSA) is 67.4 Å². The van der Waals surface area contributed by atoms with Gasteiger partial charge < -0.3 is 15.4 Å². The Labute approximate surface area is 168 Å². The van der Waals surface area contributed by atoms with Crippen LogP contribution in [0.2, 0.25) is 0 Å². The minimum atomic E-state index is -0.122. The number of piperidine rings is 1. The fraction of sp³-hybridized carbons (Fsp3) is 0.652. The lowest BCUT2D eigenvalue weighted by Gasteiger charge is -2.30. The summed E-state index contributed by atoms with van der Waals surface area (Å²) in [5.74, 6) is 1.03. The molecule has 0 spiro atoms.